The summed E-state index contributed by atoms with van der Waals surface area (Å²) in [6.45, 7) is 8.47. The summed E-state index contributed by atoms with van der Waals surface area (Å²) in [5.41, 5.74) is 3.87. The molecule has 1 saturated carbocycles. The molecule has 6 nitrogen and oxygen atoms in total. The molecule has 0 spiro atoms. The van der Waals surface area contributed by atoms with E-state index in [0.29, 0.717) is 18.9 Å². The van der Waals surface area contributed by atoms with Gasteiger partial charge >= 0.3 is 0 Å². The predicted octanol–water partition coefficient (Wildman–Crippen LogP) is 6.97. The molecule has 0 amide bonds. The van der Waals surface area contributed by atoms with Gasteiger partial charge in [0.15, 0.2) is 6.54 Å². The van der Waals surface area contributed by atoms with Gasteiger partial charge < -0.3 is 10.4 Å². The van der Waals surface area contributed by atoms with Gasteiger partial charge in [-0.3, -0.25) is 4.55 Å². The minimum Gasteiger partial charge on any atom is -0.870 e. The SMILES string of the molecule is CCN1C(=CC2CCCC(=Cc3sc4ccccc4[n+]3CCCS(=O)(=O)O)C2(C)C)Sc2ccccc21.[OH-]. The highest BCUT2D eigenvalue weighted by Gasteiger charge is 2.37. The summed E-state index contributed by atoms with van der Waals surface area (Å²) < 4.78 is 35.3. The lowest BCUT2D eigenvalue weighted by Gasteiger charge is -2.40. The molecular weight excluding hydrogens is 537 g/mol. The Kier molecular flexibility index (Phi) is 8.74. The van der Waals surface area contributed by atoms with Crippen LogP contribution in [-0.4, -0.2) is 30.7 Å². The summed E-state index contributed by atoms with van der Waals surface area (Å²) in [5.74, 6) is 0.204. The Hall–Kier alpha value is -2.17. The van der Waals surface area contributed by atoms with E-state index in [9.17, 15) is 13.0 Å². The van der Waals surface area contributed by atoms with E-state index in [1.54, 1.807) is 11.3 Å². The monoisotopic (exact) mass is 572 g/mol. The zero-order valence-corrected chi connectivity index (χ0v) is 24.6. The summed E-state index contributed by atoms with van der Waals surface area (Å²) in [6, 6.07) is 16.9. The van der Waals surface area contributed by atoms with Gasteiger partial charge in [-0.25, -0.2) is 0 Å². The molecule has 2 heterocycles. The Bertz CT molecular complexity index is 1470. The Morgan fingerprint density at radius 2 is 1.89 bits per heavy atom. The Labute approximate surface area is 234 Å². The first-order chi connectivity index (χ1) is 17.7. The third kappa shape index (κ3) is 5.87. The molecule has 2 aromatic carbocycles. The molecule has 1 aromatic heterocycles. The van der Waals surface area contributed by atoms with Gasteiger partial charge in [-0.2, -0.15) is 13.0 Å². The molecule has 1 atom stereocenters. The smallest absolute Gasteiger partial charge is 0.265 e. The molecule has 0 bridgehead atoms. The molecule has 1 fully saturated rings. The van der Waals surface area contributed by atoms with Crippen LogP contribution >= 0.6 is 23.1 Å². The second-order valence-corrected chi connectivity index (χ2v) is 14.1. The Morgan fingerprint density at radius 1 is 1.16 bits per heavy atom. The largest absolute Gasteiger partial charge is 0.870 e. The lowest BCUT2D eigenvalue weighted by atomic mass is 9.65. The maximum atomic E-state index is 11.3. The van der Waals surface area contributed by atoms with Crippen molar-refractivity contribution in [3.63, 3.8) is 0 Å². The molecular formula is C29H36N2O4S3. The third-order valence-corrected chi connectivity index (χ3v) is 10.8. The fourth-order valence-corrected chi connectivity index (χ4v) is 8.48. The summed E-state index contributed by atoms with van der Waals surface area (Å²) in [4.78, 5) is 3.76. The van der Waals surface area contributed by atoms with Crippen LogP contribution in [0.4, 0.5) is 5.69 Å². The number of aromatic nitrogens is 1. The number of thioether (sulfide) groups is 1. The second kappa shape index (κ2) is 11.5. The van der Waals surface area contributed by atoms with Crippen LogP contribution in [0.15, 0.2) is 70.1 Å². The van der Waals surface area contributed by atoms with Gasteiger partial charge in [0, 0.05) is 30.0 Å². The number of thiazole rings is 1. The highest BCUT2D eigenvalue weighted by Crippen LogP contribution is 2.51. The summed E-state index contributed by atoms with van der Waals surface area (Å²) >= 11 is 3.63. The van der Waals surface area contributed by atoms with E-state index < -0.39 is 10.1 Å². The second-order valence-electron chi connectivity index (χ2n) is 10.4. The van der Waals surface area contributed by atoms with Gasteiger partial charge in [0.25, 0.3) is 15.1 Å². The van der Waals surface area contributed by atoms with Crippen molar-refractivity contribution >= 4 is 55.2 Å². The summed E-state index contributed by atoms with van der Waals surface area (Å²) in [5, 5.41) is 2.48. The zero-order valence-electron chi connectivity index (χ0n) is 22.1. The zero-order chi connectivity index (χ0) is 26.2. The van der Waals surface area contributed by atoms with E-state index in [-0.39, 0.29) is 16.6 Å². The van der Waals surface area contributed by atoms with Crippen molar-refractivity contribution in [3.05, 3.63) is 70.2 Å². The van der Waals surface area contributed by atoms with E-state index in [2.05, 4.69) is 78.8 Å². The fraction of sp³-hybridized carbons (Fsp3) is 0.414. The summed E-state index contributed by atoms with van der Waals surface area (Å²) in [6.07, 6.45) is 8.63. The molecule has 2 aliphatic rings. The highest BCUT2D eigenvalue weighted by atomic mass is 32.2. The van der Waals surface area contributed by atoms with Crippen LogP contribution in [0.5, 0.6) is 0 Å². The van der Waals surface area contributed by atoms with E-state index in [0.717, 1.165) is 29.9 Å². The van der Waals surface area contributed by atoms with Crippen molar-refractivity contribution in [2.24, 2.45) is 11.3 Å². The standard InChI is InChI=1S/C29H34N2O3S3.H2O/c1-4-30-23-13-5-7-15-25(23)35-27(30)19-21-11-9-12-22(29(21,2)3)20-28-31(17-10-18-37(32,33)34)24-14-6-8-16-26(24)36-28;/h5-8,13-16,19-21H,4,9-12,17-18H2,1-3H3;1H2. The number of hydrogen-bond acceptors (Lipinski definition) is 6. The van der Waals surface area contributed by atoms with Crippen LogP contribution in [0, 0.1) is 11.3 Å². The van der Waals surface area contributed by atoms with E-state index >= 15 is 0 Å². The first kappa shape index (κ1) is 28.8. The van der Waals surface area contributed by atoms with Gasteiger partial charge in [-0.1, -0.05) is 66.8 Å². The van der Waals surface area contributed by atoms with Crippen LogP contribution in [0.2, 0.25) is 0 Å². The molecule has 204 valence electrons. The number of benzene rings is 2. The Morgan fingerprint density at radius 3 is 2.66 bits per heavy atom. The maximum Gasteiger partial charge on any atom is 0.265 e. The number of hydrogen-bond donors (Lipinski definition) is 1. The molecule has 9 heteroatoms. The molecule has 5 rings (SSSR count). The molecule has 1 aliphatic heterocycles. The van der Waals surface area contributed by atoms with Gasteiger partial charge in [0.1, 0.15) is 4.70 Å². The number of rotatable bonds is 7. The fourth-order valence-electron chi connectivity index (χ4n) is 5.60. The molecule has 1 aliphatic carbocycles. The van der Waals surface area contributed by atoms with Crippen LogP contribution < -0.4 is 9.47 Å². The van der Waals surface area contributed by atoms with E-state index in [1.807, 2.05) is 23.9 Å². The predicted molar refractivity (Wildman–Crippen MR) is 157 cm³/mol. The number of nitrogens with zero attached hydrogens (tertiary/aromatic N) is 2. The number of aryl methyl sites for hydroxylation is 1. The van der Waals surface area contributed by atoms with Crippen LogP contribution in [-0.2, 0) is 16.7 Å². The number of para-hydroxylation sites is 2. The van der Waals surface area contributed by atoms with Crippen LogP contribution in [0.1, 0.15) is 51.5 Å². The van der Waals surface area contributed by atoms with Gasteiger partial charge in [-0.05, 0) is 61.8 Å². The van der Waals surface area contributed by atoms with E-state index in [4.69, 9.17) is 0 Å². The van der Waals surface area contributed by atoms with Crippen LogP contribution in [0.25, 0.3) is 16.3 Å². The molecule has 2 N–H and O–H groups in total. The number of anilines is 1. The van der Waals surface area contributed by atoms with Crippen LogP contribution in [0.3, 0.4) is 0 Å². The molecule has 0 radical (unpaired) electrons. The third-order valence-electron chi connectivity index (χ3n) is 7.73. The quantitative estimate of drug-likeness (QED) is 0.243. The van der Waals surface area contributed by atoms with Crippen molar-refractivity contribution in [3.8, 4) is 0 Å². The molecule has 1 unspecified atom stereocenters. The van der Waals surface area contributed by atoms with E-state index in [1.165, 1.54) is 32.3 Å². The molecule has 38 heavy (non-hydrogen) atoms. The molecule has 0 saturated heterocycles. The first-order valence-corrected chi connectivity index (χ1v) is 16.3. The van der Waals surface area contributed by atoms with Crippen molar-refractivity contribution in [1.82, 2.24) is 0 Å². The van der Waals surface area contributed by atoms with Crippen molar-refractivity contribution < 1.29 is 23.0 Å². The topological polar surface area (TPSA) is 91.5 Å². The minimum absolute atomic E-state index is 0. The Balaban J connectivity index is 0.00000336. The normalized spacial score (nSPS) is 21.2. The number of fused-ring (bicyclic) bond motifs is 2. The van der Waals surface area contributed by atoms with Gasteiger partial charge in [-0.15, -0.1) is 0 Å². The van der Waals surface area contributed by atoms with Gasteiger partial charge in [0.2, 0.25) is 5.52 Å². The van der Waals surface area contributed by atoms with Gasteiger partial charge in [0.05, 0.1) is 16.5 Å². The molecule has 3 aromatic rings. The first-order valence-electron chi connectivity index (χ1n) is 13.0. The summed E-state index contributed by atoms with van der Waals surface area (Å²) in [7, 11) is -3.97. The lowest BCUT2D eigenvalue weighted by molar-refractivity contribution is -0.668. The number of allylic oxidation sites excluding steroid dienone is 2. The average molecular weight is 573 g/mol. The van der Waals surface area contributed by atoms with Crippen molar-refractivity contribution in [2.75, 3.05) is 17.2 Å². The van der Waals surface area contributed by atoms with Crippen molar-refractivity contribution in [2.45, 2.75) is 57.9 Å². The lowest BCUT2D eigenvalue weighted by Crippen LogP contribution is -2.37. The average Bonchev–Trinajstić information content (AvgIpc) is 3.38. The van der Waals surface area contributed by atoms with Crippen molar-refractivity contribution in [1.29, 1.82) is 0 Å². The minimum atomic E-state index is -3.97. The maximum absolute atomic E-state index is 11.3. The highest BCUT2D eigenvalue weighted by molar-refractivity contribution is 8.03.